The van der Waals surface area contributed by atoms with Gasteiger partial charge in [0.2, 0.25) is 0 Å². The fraction of sp³-hybridized carbons (Fsp3) is 0.286. The second-order valence-corrected chi connectivity index (χ2v) is 9.87. The summed E-state index contributed by atoms with van der Waals surface area (Å²) in [6.07, 6.45) is 4.36. The van der Waals surface area contributed by atoms with Gasteiger partial charge in [0.1, 0.15) is 22.3 Å². The van der Waals surface area contributed by atoms with Crippen LogP contribution in [-0.2, 0) is 10.8 Å². The highest BCUT2D eigenvalue weighted by Gasteiger charge is 2.30. The molecule has 1 saturated carbocycles. The number of hydrogen-bond donors (Lipinski definition) is 1. The monoisotopic (exact) mass is 461 g/mol. The van der Waals surface area contributed by atoms with Gasteiger partial charge >= 0.3 is 0 Å². The molecule has 1 N–H and O–H groups in total. The van der Waals surface area contributed by atoms with Crippen LogP contribution in [0.2, 0.25) is 0 Å². The minimum absolute atomic E-state index is 0.113. The summed E-state index contributed by atoms with van der Waals surface area (Å²) in [5, 5.41) is 2.96. The molecule has 3 aromatic rings. The first-order chi connectivity index (χ1) is 14.9. The van der Waals surface area contributed by atoms with Crippen molar-refractivity contribution in [1.82, 2.24) is 9.97 Å². The molecular formula is C21H20FN3O4S2. The number of halogens is 1. The highest BCUT2D eigenvalue weighted by Crippen LogP contribution is 2.31. The van der Waals surface area contributed by atoms with Gasteiger partial charge in [-0.15, -0.1) is 0 Å². The van der Waals surface area contributed by atoms with Crippen molar-refractivity contribution in [3.63, 3.8) is 0 Å². The molecule has 0 saturated heterocycles. The van der Waals surface area contributed by atoms with Crippen molar-refractivity contribution in [3.05, 3.63) is 53.4 Å². The number of nitrogens with zero attached hydrogens (tertiary/aromatic N) is 2. The molecule has 162 valence electrons. The Kier molecular flexibility index (Phi) is 6.28. The number of nitrogens with one attached hydrogen (secondary N) is 1. The molecule has 1 aliphatic carbocycles. The van der Waals surface area contributed by atoms with E-state index in [1.807, 2.05) is 13.8 Å². The van der Waals surface area contributed by atoms with E-state index in [2.05, 4.69) is 15.3 Å². The molecule has 0 bridgehead atoms. The first-order valence-corrected chi connectivity index (χ1v) is 11.7. The molecule has 7 nitrogen and oxygen atoms in total. The van der Waals surface area contributed by atoms with E-state index >= 15 is 0 Å². The number of ether oxygens (including phenoxy) is 2. The van der Waals surface area contributed by atoms with Gasteiger partial charge in [-0.05, 0) is 51.0 Å². The standard InChI is InChI=1S/C21H20FN3O4S2/c1-12(2)28-15-7-13(20(26)25-21-24-11-18(22)30-21)8-16(9-15)29-14-3-6-19(23-10-14)31(27)17-4-5-17/h3,6-12,17H,4-5H2,1-2H3,(H,24,25,26). The molecule has 1 amide bonds. The normalized spacial score (nSPS) is 14.3. The molecule has 1 aliphatic rings. The number of aromatic nitrogens is 2. The Bertz CT molecular complexity index is 1110. The quantitative estimate of drug-likeness (QED) is 0.519. The zero-order valence-corrected chi connectivity index (χ0v) is 18.5. The number of carbonyl (C=O) groups excluding carboxylic acids is 1. The highest BCUT2D eigenvalue weighted by atomic mass is 32.2. The number of carbonyl (C=O) groups is 1. The van der Waals surface area contributed by atoms with Gasteiger partial charge in [0, 0.05) is 16.9 Å². The van der Waals surface area contributed by atoms with E-state index in [0.717, 1.165) is 30.4 Å². The molecular weight excluding hydrogens is 441 g/mol. The van der Waals surface area contributed by atoms with Gasteiger partial charge in [0.15, 0.2) is 10.3 Å². The Morgan fingerprint density at radius 2 is 1.94 bits per heavy atom. The second kappa shape index (κ2) is 9.11. The second-order valence-electron chi connectivity index (χ2n) is 7.21. The van der Waals surface area contributed by atoms with Gasteiger partial charge in [0.25, 0.3) is 5.91 Å². The number of anilines is 1. The number of amides is 1. The number of rotatable bonds is 8. The molecule has 0 spiro atoms. The van der Waals surface area contributed by atoms with Crippen LogP contribution in [-0.4, -0.2) is 31.4 Å². The average Bonchev–Trinajstić information content (AvgIpc) is 3.50. The highest BCUT2D eigenvalue weighted by molar-refractivity contribution is 7.85. The van der Waals surface area contributed by atoms with Crippen molar-refractivity contribution in [1.29, 1.82) is 0 Å². The van der Waals surface area contributed by atoms with Crippen molar-refractivity contribution in [3.8, 4) is 17.2 Å². The summed E-state index contributed by atoms with van der Waals surface area (Å²) in [7, 11) is -1.09. The smallest absolute Gasteiger partial charge is 0.257 e. The SMILES string of the molecule is CC(C)Oc1cc(Oc2ccc(S(=O)C3CC3)nc2)cc(C(=O)Nc2ncc(F)s2)c1. The maximum Gasteiger partial charge on any atom is 0.257 e. The molecule has 2 aromatic heterocycles. The van der Waals surface area contributed by atoms with Crippen LogP contribution in [0.1, 0.15) is 37.0 Å². The third-order valence-corrected chi connectivity index (χ3v) is 6.62. The number of benzene rings is 1. The fourth-order valence-electron chi connectivity index (χ4n) is 2.72. The summed E-state index contributed by atoms with van der Waals surface area (Å²) >= 11 is 0.737. The Morgan fingerprint density at radius 3 is 2.55 bits per heavy atom. The largest absolute Gasteiger partial charge is 0.491 e. The third-order valence-electron chi connectivity index (χ3n) is 4.19. The number of pyridine rings is 1. The molecule has 10 heteroatoms. The molecule has 4 rings (SSSR count). The van der Waals surface area contributed by atoms with Crippen LogP contribution < -0.4 is 14.8 Å². The molecule has 1 atom stereocenters. The molecule has 1 fully saturated rings. The van der Waals surface area contributed by atoms with Gasteiger partial charge < -0.3 is 9.47 Å². The first-order valence-electron chi connectivity index (χ1n) is 9.66. The van der Waals surface area contributed by atoms with E-state index in [1.54, 1.807) is 30.3 Å². The van der Waals surface area contributed by atoms with Gasteiger partial charge in [0.05, 0.1) is 29.3 Å². The Labute approximate surface area is 185 Å². The zero-order valence-electron chi connectivity index (χ0n) is 16.8. The van der Waals surface area contributed by atoms with Crippen molar-refractivity contribution in [2.45, 2.75) is 43.1 Å². The molecule has 1 aromatic carbocycles. The number of thiazole rings is 1. The number of hydrogen-bond acceptors (Lipinski definition) is 7. The maximum absolute atomic E-state index is 13.2. The van der Waals surface area contributed by atoms with Crippen LogP contribution in [0.5, 0.6) is 17.2 Å². The lowest BCUT2D eigenvalue weighted by Gasteiger charge is -2.14. The summed E-state index contributed by atoms with van der Waals surface area (Å²) in [6, 6.07) is 8.16. The van der Waals surface area contributed by atoms with Crippen LogP contribution in [0.4, 0.5) is 9.52 Å². The van der Waals surface area contributed by atoms with Crippen LogP contribution in [0.15, 0.2) is 47.8 Å². The minimum Gasteiger partial charge on any atom is -0.491 e. The molecule has 31 heavy (non-hydrogen) atoms. The molecule has 0 radical (unpaired) electrons. The van der Waals surface area contributed by atoms with Crippen LogP contribution in [0, 0.1) is 5.13 Å². The van der Waals surface area contributed by atoms with Crippen LogP contribution in [0.3, 0.4) is 0 Å². The van der Waals surface area contributed by atoms with Gasteiger partial charge in [-0.1, -0.05) is 11.3 Å². The van der Waals surface area contributed by atoms with E-state index in [-0.39, 0.29) is 22.0 Å². The van der Waals surface area contributed by atoms with E-state index in [4.69, 9.17) is 9.47 Å². The lowest BCUT2D eigenvalue weighted by molar-refractivity contribution is 0.102. The van der Waals surface area contributed by atoms with Crippen molar-refractivity contribution in [2.75, 3.05) is 5.32 Å². The van der Waals surface area contributed by atoms with Gasteiger partial charge in [-0.3, -0.25) is 14.3 Å². The molecule has 0 aliphatic heterocycles. The van der Waals surface area contributed by atoms with Crippen molar-refractivity contribution < 1.29 is 22.9 Å². The fourth-order valence-corrected chi connectivity index (χ4v) is 4.52. The topological polar surface area (TPSA) is 90.4 Å². The predicted octanol–water partition coefficient (Wildman–Crippen LogP) is 4.78. The van der Waals surface area contributed by atoms with E-state index in [0.29, 0.717) is 22.3 Å². The maximum atomic E-state index is 13.2. The Morgan fingerprint density at radius 1 is 1.16 bits per heavy atom. The van der Waals surface area contributed by atoms with Crippen molar-refractivity contribution >= 4 is 33.2 Å². The Hall–Kier alpha value is -2.85. The third kappa shape index (κ3) is 5.65. The summed E-state index contributed by atoms with van der Waals surface area (Å²) in [5.41, 5.74) is 0.267. The molecule has 1 unspecified atom stereocenters. The summed E-state index contributed by atoms with van der Waals surface area (Å²) in [4.78, 5) is 20.7. The van der Waals surface area contributed by atoms with Gasteiger partial charge in [-0.2, -0.15) is 4.39 Å². The van der Waals surface area contributed by atoms with E-state index in [9.17, 15) is 13.4 Å². The van der Waals surface area contributed by atoms with Crippen LogP contribution >= 0.6 is 11.3 Å². The Balaban J connectivity index is 1.54. The first kappa shape index (κ1) is 21.4. The van der Waals surface area contributed by atoms with E-state index in [1.165, 1.54) is 6.20 Å². The minimum atomic E-state index is -1.09. The zero-order chi connectivity index (χ0) is 22.0. The lowest BCUT2D eigenvalue weighted by atomic mass is 10.2. The van der Waals surface area contributed by atoms with Gasteiger partial charge in [-0.25, -0.2) is 9.97 Å². The lowest BCUT2D eigenvalue weighted by Crippen LogP contribution is -2.13. The van der Waals surface area contributed by atoms with E-state index < -0.39 is 21.8 Å². The summed E-state index contributed by atoms with van der Waals surface area (Å²) < 4.78 is 37.0. The van der Waals surface area contributed by atoms with Crippen LogP contribution in [0.25, 0.3) is 0 Å². The predicted molar refractivity (Wildman–Crippen MR) is 116 cm³/mol. The average molecular weight is 462 g/mol. The summed E-state index contributed by atoms with van der Waals surface area (Å²) in [6.45, 7) is 3.74. The summed E-state index contributed by atoms with van der Waals surface area (Å²) in [5.74, 6) is 0.780. The van der Waals surface area contributed by atoms with Crippen molar-refractivity contribution in [2.24, 2.45) is 0 Å². The molecule has 2 heterocycles.